The molecular weight excluding hydrogens is 458 g/mol. The van der Waals surface area contributed by atoms with Crippen LogP contribution < -0.4 is 0 Å². The van der Waals surface area contributed by atoms with E-state index in [1.54, 1.807) is 0 Å². The number of aliphatic carboxylic acids is 1. The molecule has 1 heterocycles. The Kier molecular flexibility index (Phi) is 13.0. The van der Waals surface area contributed by atoms with Crippen LogP contribution in [0.1, 0.15) is 103 Å². The largest absolute Gasteiger partial charge is 0.481 e. The highest BCUT2D eigenvalue weighted by atomic mass is 19.3. The molecule has 0 bridgehead atoms. The fourth-order valence-corrected chi connectivity index (χ4v) is 4.95. The minimum atomic E-state index is -3.32. The van der Waals surface area contributed by atoms with Gasteiger partial charge in [-0.25, -0.2) is 0 Å². The van der Waals surface area contributed by atoms with E-state index < -0.39 is 30.2 Å². The lowest BCUT2D eigenvalue weighted by molar-refractivity contribution is -0.196. The lowest BCUT2D eigenvalue weighted by Crippen LogP contribution is -2.33. The van der Waals surface area contributed by atoms with Crippen molar-refractivity contribution in [1.82, 2.24) is 0 Å². The highest BCUT2D eigenvalue weighted by molar-refractivity contribution is 5.86. The molecule has 35 heavy (non-hydrogen) atoms. The third-order valence-corrected chi connectivity index (χ3v) is 7.05. The molecule has 0 aromatic rings. The van der Waals surface area contributed by atoms with Crippen LogP contribution in [0.25, 0.3) is 0 Å². The van der Waals surface area contributed by atoms with Gasteiger partial charge in [-0.05, 0) is 63.7 Å². The molecule has 1 saturated heterocycles. The Labute approximate surface area is 207 Å². The number of Topliss-reactive ketones (excluding diaryl/α,β-unsaturated/α-hetero) is 2. The van der Waals surface area contributed by atoms with Crippen molar-refractivity contribution in [1.29, 1.82) is 0 Å². The van der Waals surface area contributed by atoms with E-state index in [2.05, 4.69) is 0 Å². The maximum atomic E-state index is 14.2. The number of hydrogen-bond donors (Lipinski definition) is 1. The second-order valence-corrected chi connectivity index (χ2v) is 9.88. The maximum absolute atomic E-state index is 14.2. The van der Waals surface area contributed by atoms with Gasteiger partial charge in [0.05, 0.1) is 6.10 Å². The average Bonchev–Trinajstić information content (AvgIpc) is 3.11. The number of ketones is 2. The van der Waals surface area contributed by atoms with Crippen LogP contribution in [-0.2, 0) is 23.9 Å². The summed E-state index contributed by atoms with van der Waals surface area (Å²) in [6, 6.07) is 0. The van der Waals surface area contributed by atoms with Gasteiger partial charge >= 0.3 is 11.9 Å². The van der Waals surface area contributed by atoms with Crippen LogP contribution in [-0.4, -0.2) is 47.6 Å². The zero-order valence-electron chi connectivity index (χ0n) is 21.0. The molecule has 6 nitrogen and oxygen atoms in total. The summed E-state index contributed by atoms with van der Waals surface area (Å²) in [5.74, 6) is -5.76. The van der Waals surface area contributed by atoms with E-state index in [1.165, 1.54) is 0 Å². The molecule has 0 radical (unpaired) electrons. The highest BCUT2D eigenvalue weighted by Gasteiger charge is 2.45. The molecule has 1 unspecified atom stereocenters. The third-order valence-electron chi connectivity index (χ3n) is 7.05. The van der Waals surface area contributed by atoms with Gasteiger partial charge < -0.3 is 14.6 Å². The SMILES string of the molecule is CCCCC(F)(F)C(=O)CC[C@@H]1[C@H](C/C=C\CCCCCC(=O)O)C(=O)C[C@H]1OC1CCCCO1. The number of ether oxygens (including phenoxy) is 2. The number of halogens is 2. The van der Waals surface area contributed by atoms with Crippen molar-refractivity contribution in [2.24, 2.45) is 11.8 Å². The van der Waals surface area contributed by atoms with Crippen LogP contribution in [0.15, 0.2) is 12.2 Å². The Hall–Kier alpha value is -1.67. The van der Waals surface area contributed by atoms with Crippen molar-refractivity contribution in [2.75, 3.05) is 6.61 Å². The molecular formula is C27H42F2O6. The number of carbonyl (C=O) groups is 3. The fourth-order valence-electron chi connectivity index (χ4n) is 4.95. The van der Waals surface area contributed by atoms with Gasteiger partial charge in [-0.15, -0.1) is 0 Å². The normalized spacial score (nSPS) is 25.4. The summed E-state index contributed by atoms with van der Waals surface area (Å²) in [5.41, 5.74) is 0. The summed E-state index contributed by atoms with van der Waals surface area (Å²) in [6.07, 6.45) is 10.3. The molecule has 2 rings (SSSR count). The van der Waals surface area contributed by atoms with Crippen LogP contribution >= 0.6 is 0 Å². The van der Waals surface area contributed by atoms with Crippen molar-refractivity contribution < 1.29 is 37.7 Å². The summed E-state index contributed by atoms with van der Waals surface area (Å²) >= 11 is 0. The number of alkyl halides is 2. The van der Waals surface area contributed by atoms with Crippen molar-refractivity contribution in [2.45, 2.75) is 122 Å². The topological polar surface area (TPSA) is 89.9 Å². The summed E-state index contributed by atoms with van der Waals surface area (Å²) in [6.45, 7) is 2.42. The summed E-state index contributed by atoms with van der Waals surface area (Å²) < 4.78 is 40.3. The predicted molar refractivity (Wildman–Crippen MR) is 128 cm³/mol. The van der Waals surface area contributed by atoms with Crippen LogP contribution in [0, 0.1) is 11.8 Å². The van der Waals surface area contributed by atoms with Gasteiger partial charge in [0.25, 0.3) is 0 Å². The van der Waals surface area contributed by atoms with E-state index in [0.29, 0.717) is 32.3 Å². The van der Waals surface area contributed by atoms with Gasteiger partial charge in [0.1, 0.15) is 5.78 Å². The van der Waals surface area contributed by atoms with Gasteiger partial charge in [-0.1, -0.05) is 31.9 Å². The maximum Gasteiger partial charge on any atom is 0.305 e. The first kappa shape index (κ1) is 29.6. The number of unbranched alkanes of at least 4 members (excludes halogenated alkanes) is 4. The predicted octanol–water partition coefficient (Wildman–Crippen LogP) is 6.26. The molecule has 2 fully saturated rings. The van der Waals surface area contributed by atoms with Crippen molar-refractivity contribution in [3.63, 3.8) is 0 Å². The van der Waals surface area contributed by atoms with Crippen LogP contribution in [0.4, 0.5) is 8.78 Å². The molecule has 200 valence electrons. The molecule has 0 spiro atoms. The molecule has 0 aromatic heterocycles. The average molecular weight is 501 g/mol. The zero-order chi connectivity index (χ0) is 25.7. The molecule has 1 saturated carbocycles. The molecule has 1 aliphatic carbocycles. The van der Waals surface area contributed by atoms with E-state index in [9.17, 15) is 23.2 Å². The van der Waals surface area contributed by atoms with Crippen LogP contribution in [0.3, 0.4) is 0 Å². The monoisotopic (exact) mass is 500 g/mol. The van der Waals surface area contributed by atoms with Crippen molar-refractivity contribution >= 4 is 17.5 Å². The highest BCUT2D eigenvalue weighted by Crippen LogP contribution is 2.39. The Balaban J connectivity index is 1.94. The van der Waals surface area contributed by atoms with E-state index in [4.69, 9.17) is 14.6 Å². The fraction of sp³-hybridized carbons (Fsp3) is 0.815. The summed E-state index contributed by atoms with van der Waals surface area (Å²) in [4.78, 5) is 35.7. The van der Waals surface area contributed by atoms with E-state index >= 15 is 0 Å². The number of hydrogen-bond acceptors (Lipinski definition) is 5. The Morgan fingerprint density at radius 1 is 1.14 bits per heavy atom. The smallest absolute Gasteiger partial charge is 0.305 e. The number of allylic oxidation sites excluding steroid dienone is 2. The number of carbonyl (C=O) groups excluding carboxylic acids is 2. The molecule has 0 aromatic carbocycles. The molecule has 0 amide bonds. The van der Waals surface area contributed by atoms with Gasteiger partial charge in [-0.2, -0.15) is 8.78 Å². The lowest BCUT2D eigenvalue weighted by atomic mass is 9.86. The quantitative estimate of drug-likeness (QED) is 0.187. The summed E-state index contributed by atoms with van der Waals surface area (Å²) in [5, 5.41) is 8.68. The van der Waals surface area contributed by atoms with Crippen LogP contribution in [0.2, 0.25) is 0 Å². The second-order valence-electron chi connectivity index (χ2n) is 9.88. The van der Waals surface area contributed by atoms with E-state index in [0.717, 1.165) is 38.5 Å². The molecule has 4 atom stereocenters. The lowest BCUT2D eigenvalue weighted by Gasteiger charge is -2.30. The minimum Gasteiger partial charge on any atom is -0.481 e. The third kappa shape index (κ3) is 10.5. The minimum absolute atomic E-state index is 0.0482. The van der Waals surface area contributed by atoms with Gasteiger partial charge in [0.15, 0.2) is 6.29 Å². The first-order chi connectivity index (χ1) is 16.7. The number of rotatable bonds is 17. The standard InChI is InChI=1S/C27H42F2O6/c1-2-3-17-27(28,29)24(31)16-15-21-20(12-8-6-4-5-7-9-13-25(32)33)22(30)19-23(21)35-26-14-10-11-18-34-26/h6,8,20-21,23,26H,2-5,7,9-19H2,1H3,(H,32,33)/b8-6-/t20-,21+,23+,26?/m0/s1. The molecule has 1 N–H and O–H groups in total. The molecule has 1 aliphatic heterocycles. The first-order valence-electron chi connectivity index (χ1n) is 13.3. The second kappa shape index (κ2) is 15.4. The van der Waals surface area contributed by atoms with Gasteiger partial charge in [0.2, 0.25) is 5.78 Å². The Morgan fingerprint density at radius 2 is 1.94 bits per heavy atom. The Morgan fingerprint density at radius 3 is 2.63 bits per heavy atom. The van der Waals surface area contributed by atoms with Crippen molar-refractivity contribution in [3.8, 4) is 0 Å². The zero-order valence-corrected chi connectivity index (χ0v) is 21.0. The van der Waals surface area contributed by atoms with Crippen molar-refractivity contribution in [3.05, 3.63) is 12.2 Å². The Bertz CT molecular complexity index is 702. The van der Waals surface area contributed by atoms with Crippen LogP contribution in [0.5, 0.6) is 0 Å². The summed E-state index contributed by atoms with van der Waals surface area (Å²) in [7, 11) is 0. The number of carboxylic acids is 1. The first-order valence-corrected chi connectivity index (χ1v) is 13.3. The number of carboxylic acid groups (broad SMARTS) is 1. The van der Waals surface area contributed by atoms with E-state index in [1.807, 2.05) is 19.1 Å². The molecule has 2 aliphatic rings. The van der Waals surface area contributed by atoms with Gasteiger partial charge in [-0.3, -0.25) is 14.4 Å². The molecule has 8 heteroatoms. The van der Waals surface area contributed by atoms with Gasteiger partial charge in [0, 0.05) is 38.2 Å². The van der Waals surface area contributed by atoms with E-state index in [-0.39, 0.29) is 49.6 Å².